The van der Waals surface area contributed by atoms with Crippen LogP contribution >= 0.6 is 11.8 Å². The summed E-state index contributed by atoms with van der Waals surface area (Å²) in [6, 6.07) is 17.0. The second kappa shape index (κ2) is 4.67. The second-order valence-corrected chi connectivity index (χ2v) is 7.22. The topological polar surface area (TPSA) is 9.23 Å². The third-order valence-electron chi connectivity index (χ3n) is 4.64. The fraction of sp³-hybridized carbons (Fsp3) is 0.263. The minimum atomic E-state index is 0.00896. The molecule has 2 aliphatic heterocycles. The van der Waals surface area contributed by atoms with E-state index < -0.39 is 0 Å². The molecule has 0 aromatic heterocycles. The van der Waals surface area contributed by atoms with Crippen LogP contribution in [0.3, 0.4) is 0 Å². The van der Waals surface area contributed by atoms with Gasteiger partial charge in [-0.15, -0.1) is 11.8 Å². The van der Waals surface area contributed by atoms with Crippen molar-refractivity contribution >= 4 is 11.8 Å². The molecule has 0 saturated heterocycles. The lowest BCUT2D eigenvalue weighted by Gasteiger charge is -2.42. The van der Waals surface area contributed by atoms with Gasteiger partial charge in [-0.1, -0.05) is 47.5 Å². The standard InChI is InChI=1S/C19H18OS/c1-13-11-19(21-12-14(13)2)15-7-3-5-9-17(15)20-18-10-6-4-8-16(18)19/h3-10H,11-12H2,1-2H3. The Labute approximate surface area is 130 Å². The summed E-state index contributed by atoms with van der Waals surface area (Å²) >= 11 is 2.05. The molecule has 0 bridgehead atoms. The summed E-state index contributed by atoms with van der Waals surface area (Å²) in [5.74, 6) is 3.11. The molecule has 0 N–H and O–H groups in total. The van der Waals surface area contributed by atoms with Crippen molar-refractivity contribution in [3.8, 4) is 11.5 Å². The molecule has 0 saturated carbocycles. The molecular formula is C19H18OS. The predicted octanol–water partition coefficient (Wildman–Crippen LogP) is 5.51. The largest absolute Gasteiger partial charge is 0.457 e. The van der Waals surface area contributed by atoms with Crippen LogP contribution in [0.4, 0.5) is 0 Å². The van der Waals surface area contributed by atoms with Crippen molar-refractivity contribution in [1.29, 1.82) is 0 Å². The van der Waals surface area contributed by atoms with E-state index in [1.165, 1.54) is 22.3 Å². The Morgan fingerprint density at radius 3 is 2.00 bits per heavy atom. The second-order valence-electron chi connectivity index (χ2n) is 5.95. The van der Waals surface area contributed by atoms with Gasteiger partial charge in [0, 0.05) is 16.9 Å². The Hall–Kier alpha value is -1.67. The number of allylic oxidation sites excluding steroid dienone is 1. The molecule has 4 rings (SSSR count). The zero-order valence-corrected chi connectivity index (χ0v) is 13.2. The Kier molecular flexibility index (Phi) is 2.90. The number of hydrogen-bond donors (Lipinski definition) is 0. The molecule has 2 heteroatoms. The average molecular weight is 294 g/mol. The first-order valence-electron chi connectivity index (χ1n) is 7.37. The van der Waals surface area contributed by atoms with E-state index >= 15 is 0 Å². The van der Waals surface area contributed by atoms with Gasteiger partial charge in [-0.25, -0.2) is 0 Å². The van der Waals surface area contributed by atoms with Gasteiger partial charge in [0.15, 0.2) is 0 Å². The van der Waals surface area contributed by atoms with Crippen molar-refractivity contribution in [1.82, 2.24) is 0 Å². The van der Waals surface area contributed by atoms with Crippen LogP contribution in [0, 0.1) is 0 Å². The van der Waals surface area contributed by atoms with Gasteiger partial charge in [0.25, 0.3) is 0 Å². The molecule has 1 nitrogen and oxygen atoms in total. The Morgan fingerprint density at radius 1 is 0.857 bits per heavy atom. The van der Waals surface area contributed by atoms with Crippen LogP contribution in [0.5, 0.6) is 11.5 Å². The van der Waals surface area contributed by atoms with Gasteiger partial charge in [-0.05, 0) is 32.4 Å². The average Bonchev–Trinajstić information content (AvgIpc) is 2.51. The molecule has 1 spiro atoms. The van der Waals surface area contributed by atoms with Crippen LogP contribution in [-0.2, 0) is 4.75 Å². The van der Waals surface area contributed by atoms with Crippen LogP contribution in [-0.4, -0.2) is 5.75 Å². The maximum absolute atomic E-state index is 6.14. The first-order valence-corrected chi connectivity index (χ1v) is 8.35. The number of hydrogen-bond acceptors (Lipinski definition) is 2. The van der Waals surface area contributed by atoms with E-state index in [1.807, 2.05) is 11.8 Å². The third kappa shape index (κ3) is 1.86. The van der Waals surface area contributed by atoms with E-state index in [0.717, 1.165) is 23.7 Å². The fourth-order valence-corrected chi connectivity index (χ4v) is 4.99. The molecule has 0 amide bonds. The molecule has 2 aromatic carbocycles. The first kappa shape index (κ1) is 13.0. The smallest absolute Gasteiger partial charge is 0.132 e. The molecule has 0 fully saturated rings. The first-order chi connectivity index (χ1) is 10.2. The molecule has 2 heterocycles. The molecule has 0 atom stereocenters. The van der Waals surface area contributed by atoms with Crippen molar-refractivity contribution in [2.45, 2.75) is 25.0 Å². The van der Waals surface area contributed by atoms with Crippen molar-refractivity contribution in [3.63, 3.8) is 0 Å². The SMILES string of the molecule is CC1=C(C)CC2(SC1)c1ccccc1Oc1ccccc12. The number of fused-ring (bicyclic) bond motifs is 4. The van der Waals surface area contributed by atoms with Crippen molar-refractivity contribution in [3.05, 3.63) is 70.8 Å². The summed E-state index contributed by atoms with van der Waals surface area (Å²) in [7, 11) is 0. The van der Waals surface area contributed by atoms with E-state index in [4.69, 9.17) is 4.74 Å². The van der Waals surface area contributed by atoms with E-state index in [-0.39, 0.29) is 4.75 Å². The number of ether oxygens (including phenoxy) is 1. The summed E-state index contributed by atoms with van der Waals surface area (Å²) in [4.78, 5) is 0. The van der Waals surface area contributed by atoms with Gasteiger partial charge in [0.05, 0.1) is 4.75 Å². The Bertz CT molecular complexity index is 699. The van der Waals surface area contributed by atoms with Gasteiger partial charge in [-0.3, -0.25) is 0 Å². The maximum Gasteiger partial charge on any atom is 0.132 e. The molecular weight excluding hydrogens is 276 g/mol. The number of para-hydroxylation sites is 2. The fourth-order valence-electron chi connectivity index (χ4n) is 3.32. The van der Waals surface area contributed by atoms with Crippen molar-refractivity contribution in [2.75, 3.05) is 5.75 Å². The van der Waals surface area contributed by atoms with E-state index in [0.29, 0.717) is 0 Å². The minimum absolute atomic E-state index is 0.00896. The van der Waals surface area contributed by atoms with Gasteiger partial charge in [-0.2, -0.15) is 0 Å². The minimum Gasteiger partial charge on any atom is -0.457 e. The zero-order valence-electron chi connectivity index (χ0n) is 12.3. The van der Waals surface area contributed by atoms with Gasteiger partial charge in [0.1, 0.15) is 11.5 Å². The lowest BCUT2D eigenvalue weighted by molar-refractivity contribution is 0.435. The van der Waals surface area contributed by atoms with Gasteiger partial charge in [0.2, 0.25) is 0 Å². The zero-order chi connectivity index (χ0) is 14.4. The summed E-state index contributed by atoms with van der Waals surface area (Å²) in [6.45, 7) is 4.53. The van der Waals surface area contributed by atoms with E-state index in [1.54, 1.807) is 0 Å². The van der Waals surface area contributed by atoms with E-state index in [9.17, 15) is 0 Å². The highest BCUT2D eigenvalue weighted by molar-refractivity contribution is 8.00. The number of rotatable bonds is 0. The van der Waals surface area contributed by atoms with Crippen LogP contribution in [0.25, 0.3) is 0 Å². The quantitative estimate of drug-likeness (QED) is 0.592. The molecule has 2 aromatic rings. The molecule has 0 aliphatic carbocycles. The Balaban J connectivity index is 1.98. The summed E-state index contributed by atoms with van der Waals surface area (Å²) in [5, 5.41) is 0. The van der Waals surface area contributed by atoms with Crippen molar-refractivity contribution < 1.29 is 4.74 Å². The molecule has 0 unspecified atom stereocenters. The number of thioether (sulfide) groups is 1. The molecule has 106 valence electrons. The number of benzene rings is 2. The van der Waals surface area contributed by atoms with Crippen LogP contribution in [0.2, 0.25) is 0 Å². The van der Waals surface area contributed by atoms with Crippen LogP contribution in [0.15, 0.2) is 59.7 Å². The van der Waals surface area contributed by atoms with Gasteiger partial charge < -0.3 is 4.74 Å². The highest BCUT2D eigenvalue weighted by Gasteiger charge is 2.44. The maximum atomic E-state index is 6.14. The van der Waals surface area contributed by atoms with Crippen LogP contribution < -0.4 is 4.74 Å². The summed E-state index contributed by atoms with van der Waals surface area (Å²) < 4.78 is 6.15. The third-order valence-corrected chi connectivity index (χ3v) is 6.30. The highest BCUT2D eigenvalue weighted by Crippen LogP contribution is 2.58. The van der Waals surface area contributed by atoms with Crippen LogP contribution in [0.1, 0.15) is 31.4 Å². The molecule has 21 heavy (non-hydrogen) atoms. The Morgan fingerprint density at radius 2 is 1.43 bits per heavy atom. The lowest BCUT2D eigenvalue weighted by atomic mass is 9.81. The summed E-state index contributed by atoms with van der Waals surface area (Å²) in [6.07, 6.45) is 1.07. The van der Waals surface area contributed by atoms with Crippen molar-refractivity contribution in [2.24, 2.45) is 0 Å². The lowest BCUT2D eigenvalue weighted by Crippen LogP contribution is -2.31. The molecule has 0 radical (unpaired) electrons. The molecule has 2 aliphatic rings. The summed E-state index contributed by atoms with van der Waals surface area (Å²) in [5.41, 5.74) is 5.67. The monoisotopic (exact) mass is 294 g/mol. The van der Waals surface area contributed by atoms with E-state index in [2.05, 4.69) is 62.4 Å². The van der Waals surface area contributed by atoms with Gasteiger partial charge >= 0.3 is 0 Å². The normalized spacial score (nSPS) is 19.0. The predicted molar refractivity (Wildman–Crippen MR) is 89.2 cm³/mol. The highest BCUT2D eigenvalue weighted by atomic mass is 32.2.